The molecule has 0 atom stereocenters. The Labute approximate surface area is 126 Å². The number of aromatic nitrogens is 6. The van der Waals surface area contributed by atoms with Gasteiger partial charge in [-0.25, -0.2) is 15.0 Å². The van der Waals surface area contributed by atoms with E-state index < -0.39 is 68.8 Å². The van der Waals surface area contributed by atoms with Crippen LogP contribution in [0.2, 0.25) is 0 Å². The van der Waals surface area contributed by atoms with E-state index in [4.69, 9.17) is 0 Å². The summed E-state index contributed by atoms with van der Waals surface area (Å²) in [4.78, 5) is 17.9. The lowest BCUT2D eigenvalue weighted by atomic mass is 10.1. The second-order valence-corrected chi connectivity index (χ2v) is 4.52. The summed E-state index contributed by atoms with van der Waals surface area (Å²) >= 11 is 0. The highest BCUT2D eigenvalue weighted by molar-refractivity contribution is 6.21. The van der Waals surface area contributed by atoms with Crippen molar-refractivity contribution in [2.75, 3.05) is 0 Å². The van der Waals surface area contributed by atoms with Crippen LogP contribution in [0.15, 0.2) is 0 Å². The van der Waals surface area contributed by atoms with Crippen molar-refractivity contribution in [3.63, 3.8) is 0 Å². The van der Waals surface area contributed by atoms with Gasteiger partial charge in [0.2, 0.25) is 17.8 Å². The van der Waals surface area contributed by atoms with Crippen LogP contribution in [0.3, 0.4) is 0 Å². The zero-order valence-corrected chi connectivity index (χ0v) is 11.0. The molecule has 0 N–H and O–H groups in total. The molecule has 0 amide bonds. The lowest BCUT2D eigenvalue weighted by Gasteiger charge is -2.09. The molecule has 4 rings (SSSR count). The first-order valence-corrected chi connectivity index (χ1v) is 6.07. The van der Waals surface area contributed by atoms with Crippen molar-refractivity contribution in [1.82, 2.24) is 29.9 Å². The molecule has 4 aromatic rings. The van der Waals surface area contributed by atoms with Gasteiger partial charge < -0.3 is 0 Å². The van der Waals surface area contributed by atoms with Gasteiger partial charge in [0.15, 0.2) is 0 Å². The summed E-state index contributed by atoms with van der Waals surface area (Å²) in [6.45, 7) is 0. The Hall–Kier alpha value is -3.18. The minimum atomic E-state index is -1.58. The topological polar surface area (TPSA) is 77.3 Å². The van der Waals surface area contributed by atoms with Gasteiger partial charge in [0.25, 0.3) is 0 Å². The van der Waals surface area contributed by atoms with E-state index in [1.54, 1.807) is 0 Å². The molecule has 0 spiro atoms. The predicted octanol–water partition coefficient (Wildman–Crippen LogP) is 2.35. The van der Waals surface area contributed by atoms with Crippen LogP contribution in [0.1, 0.15) is 0 Å². The Morgan fingerprint density at radius 3 is 0.875 bits per heavy atom. The van der Waals surface area contributed by atoms with Crippen LogP contribution in [-0.4, -0.2) is 29.9 Å². The molecule has 0 saturated heterocycles. The molecular weight excluding hydrogens is 342 g/mol. The summed E-state index contributed by atoms with van der Waals surface area (Å²) in [7, 11) is 0. The van der Waals surface area contributed by atoms with Crippen molar-refractivity contribution in [2.24, 2.45) is 0 Å². The van der Waals surface area contributed by atoms with Gasteiger partial charge in [0.1, 0.15) is 0 Å². The molecule has 0 radical (unpaired) electrons. The van der Waals surface area contributed by atoms with Crippen molar-refractivity contribution in [2.45, 2.75) is 0 Å². The van der Waals surface area contributed by atoms with Crippen LogP contribution in [0.5, 0.6) is 0 Å². The summed E-state index contributed by atoms with van der Waals surface area (Å²) in [6.07, 6.45) is -4.75. The maximum atomic E-state index is 14.0. The Morgan fingerprint density at radius 1 is 0.375 bits per heavy atom. The molecule has 1 aromatic carbocycles. The number of halogens is 6. The third-order valence-electron chi connectivity index (χ3n) is 3.22. The lowest BCUT2D eigenvalue weighted by Crippen LogP contribution is -2.05. The van der Waals surface area contributed by atoms with Crippen LogP contribution < -0.4 is 0 Å². The number of hydrogen-bond acceptors (Lipinski definition) is 6. The summed E-state index contributed by atoms with van der Waals surface area (Å²) in [5, 5.41) is -2.35. The number of rotatable bonds is 0. The molecule has 0 unspecified atom stereocenters. The third kappa shape index (κ3) is 1.85. The predicted molar refractivity (Wildman–Crippen MR) is 65.5 cm³/mol. The minimum absolute atomic E-state index is 0.752. The molecule has 120 valence electrons. The Balaban J connectivity index is 2.49. The van der Waals surface area contributed by atoms with E-state index in [0.717, 1.165) is 0 Å². The van der Waals surface area contributed by atoms with Gasteiger partial charge in [0.05, 0.1) is 32.7 Å². The highest BCUT2D eigenvalue weighted by Gasteiger charge is 2.25. The van der Waals surface area contributed by atoms with E-state index in [2.05, 4.69) is 29.9 Å². The summed E-state index contributed by atoms with van der Waals surface area (Å²) in [5.74, 6) is -4.65. The van der Waals surface area contributed by atoms with Gasteiger partial charge in [0, 0.05) is 0 Å². The summed E-state index contributed by atoms with van der Waals surface area (Å²) in [6, 6.07) is 0. The Bertz CT molecular complexity index is 1000. The average Bonchev–Trinajstić information content (AvgIpc) is 2.44. The molecule has 0 aliphatic heterocycles. The first-order chi connectivity index (χ1) is 11.4. The SMILES string of the molecule is Fc1nc(F)c2c(n1)c1c(F)nc(F)nc1c1c(F)nc(F)nc21. The fraction of sp³-hybridized carbons (Fsp3) is 0. The molecule has 6 nitrogen and oxygen atoms in total. The normalized spacial score (nSPS) is 11.8. The fourth-order valence-corrected chi connectivity index (χ4v) is 2.40. The van der Waals surface area contributed by atoms with E-state index in [1.807, 2.05) is 0 Å². The third-order valence-corrected chi connectivity index (χ3v) is 3.22. The molecule has 0 aliphatic rings. The quantitative estimate of drug-likeness (QED) is 0.211. The Kier molecular flexibility index (Phi) is 2.80. The van der Waals surface area contributed by atoms with Crippen molar-refractivity contribution in [1.29, 1.82) is 0 Å². The standard InChI is InChI=1S/C12F6N6/c13-7-1-4(19-10(16)22-7)2-6(21-12(18)24-9(2)15)3-5(1)20-11(17)23-8(3)14. The highest BCUT2D eigenvalue weighted by Crippen LogP contribution is 2.34. The molecule has 0 fully saturated rings. The van der Waals surface area contributed by atoms with Crippen LogP contribution in [0.4, 0.5) is 26.3 Å². The lowest BCUT2D eigenvalue weighted by molar-refractivity contribution is 0.488. The van der Waals surface area contributed by atoms with E-state index in [1.165, 1.54) is 0 Å². The maximum absolute atomic E-state index is 14.0. The van der Waals surface area contributed by atoms with Crippen molar-refractivity contribution < 1.29 is 26.3 Å². The molecule has 0 saturated carbocycles. The number of hydrogen-bond donors (Lipinski definition) is 0. The van der Waals surface area contributed by atoms with Crippen molar-refractivity contribution in [3.05, 3.63) is 36.1 Å². The maximum Gasteiger partial charge on any atom is 0.311 e. The molecule has 0 bridgehead atoms. The van der Waals surface area contributed by atoms with E-state index in [9.17, 15) is 26.3 Å². The van der Waals surface area contributed by atoms with Crippen LogP contribution in [0.25, 0.3) is 32.7 Å². The highest BCUT2D eigenvalue weighted by atomic mass is 19.2. The molecule has 24 heavy (non-hydrogen) atoms. The average molecular weight is 342 g/mol. The van der Waals surface area contributed by atoms with E-state index in [0.29, 0.717) is 0 Å². The molecule has 0 aliphatic carbocycles. The van der Waals surface area contributed by atoms with Crippen LogP contribution >= 0.6 is 0 Å². The van der Waals surface area contributed by atoms with Crippen molar-refractivity contribution >= 4 is 32.7 Å². The fourth-order valence-electron chi connectivity index (χ4n) is 2.40. The second-order valence-electron chi connectivity index (χ2n) is 4.52. The smallest absolute Gasteiger partial charge is 0.201 e. The Morgan fingerprint density at radius 2 is 0.625 bits per heavy atom. The molecular formula is C12F6N6. The molecule has 3 heterocycles. The van der Waals surface area contributed by atoms with Gasteiger partial charge in [-0.3, -0.25) is 0 Å². The largest absolute Gasteiger partial charge is 0.311 e. The van der Waals surface area contributed by atoms with Gasteiger partial charge in [-0.2, -0.15) is 41.3 Å². The van der Waals surface area contributed by atoms with Crippen LogP contribution in [0, 0.1) is 36.1 Å². The van der Waals surface area contributed by atoms with Crippen LogP contribution in [-0.2, 0) is 0 Å². The van der Waals surface area contributed by atoms with E-state index >= 15 is 0 Å². The van der Waals surface area contributed by atoms with Gasteiger partial charge in [-0.05, 0) is 0 Å². The molecule has 3 aromatic heterocycles. The number of nitrogens with zero attached hydrogens (tertiary/aromatic N) is 6. The van der Waals surface area contributed by atoms with Gasteiger partial charge in [-0.1, -0.05) is 0 Å². The van der Waals surface area contributed by atoms with Gasteiger partial charge in [-0.15, -0.1) is 0 Å². The monoisotopic (exact) mass is 342 g/mol. The summed E-state index contributed by atoms with van der Waals surface area (Å²) in [5.41, 5.74) is -2.26. The zero-order valence-electron chi connectivity index (χ0n) is 11.0. The summed E-state index contributed by atoms with van der Waals surface area (Å²) < 4.78 is 82.1. The number of benzene rings is 1. The molecule has 12 heteroatoms. The number of fused-ring (bicyclic) bond motifs is 6. The zero-order chi connectivity index (χ0) is 17.2. The first-order valence-electron chi connectivity index (χ1n) is 6.07. The first kappa shape index (κ1) is 14.4. The van der Waals surface area contributed by atoms with Crippen molar-refractivity contribution in [3.8, 4) is 0 Å². The second kappa shape index (κ2) is 4.66. The van der Waals surface area contributed by atoms with Gasteiger partial charge >= 0.3 is 18.2 Å². The van der Waals surface area contributed by atoms with E-state index in [-0.39, 0.29) is 0 Å². The minimum Gasteiger partial charge on any atom is -0.201 e.